The summed E-state index contributed by atoms with van der Waals surface area (Å²) >= 11 is 0. The summed E-state index contributed by atoms with van der Waals surface area (Å²) in [6.45, 7) is 8.33. The van der Waals surface area contributed by atoms with E-state index in [9.17, 15) is 0 Å². The number of rotatable bonds is 2. The van der Waals surface area contributed by atoms with Crippen molar-refractivity contribution >= 4 is 16.3 Å². The highest BCUT2D eigenvalue weighted by atomic mass is 14.1. The molecule has 0 saturated heterocycles. The first-order valence-corrected chi connectivity index (χ1v) is 5.50. The first-order chi connectivity index (χ1) is 7.68. The largest absolute Gasteiger partial charge is 0.0911 e. The molecule has 80 valence electrons. The smallest absolute Gasteiger partial charge is 0.0106 e. The van der Waals surface area contributed by atoms with Crippen molar-refractivity contribution in [2.75, 3.05) is 0 Å². The lowest BCUT2D eigenvalue weighted by Crippen LogP contribution is -1.83. The second kappa shape index (κ2) is 4.36. The maximum absolute atomic E-state index is 4.14. The zero-order valence-electron chi connectivity index (χ0n) is 9.83. The third-order valence-corrected chi connectivity index (χ3v) is 2.60. The number of hydrogen-bond acceptors (Lipinski definition) is 0. The van der Waals surface area contributed by atoms with Gasteiger partial charge in [-0.3, -0.25) is 0 Å². The van der Waals surface area contributed by atoms with E-state index in [0.717, 1.165) is 5.57 Å². The van der Waals surface area contributed by atoms with Crippen LogP contribution in [-0.4, -0.2) is 0 Å². The minimum Gasteiger partial charge on any atom is -0.0911 e. The number of fused-ring (bicyclic) bond motifs is 1. The summed E-state index contributed by atoms with van der Waals surface area (Å²) in [5, 5.41) is 2.54. The molecule has 0 aliphatic carbocycles. The van der Waals surface area contributed by atoms with Gasteiger partial charge in [0.1, 0.15) is 0 Å². The van der Waals surface area contributed by atoms with Gasteiger partial charge in [0.25, 0.3) is 0 Å². The Kier molecular flexibility index (Phi) is 2.91. The summed E-state index contributed by atoms with van der Waals surface area (Å²) in [6.07, 6.45) is 2.13. The van der Waals surface area contributed by atoms with Gasteiger partial charge < -0.3 is 0 Å². The van der Waals surface area contributed by atoms with Crippen LogP contribution >= 0.6 is 0 Å². The van der Waals surface area contributed by atoms with E-state index in [1.807, 2.05) is 0 Å². The van der Waals surface area contributed by atoms with Crippen LogP contribution in [0.4, 0.5) is 0 Å². The second-order valence-electron chi connectivity index (χ2n) is 4.27. The third-order valence-electron chi connectivity index (χ3n) is 2.60. The number of allylic oxidation sites excluding steroid dienone is 3. The van der Waals surface area contributed by atoms with Crippen LogP contribution in [0.25, 0.3) is 16.3 Å². The van der Waals surface area contributed by atoms with E-state index in [1.165, 1.54) is 21.9 Å². The molecule has 0 N–H and O–H groups in total. The van der Waals surface area contributed by atoms with Crippen molar-refractivity contribution in [3.63, 3.8) is 0 Å². The minimum atomic E-state index is 1.08. The molecule has 0 aliphatic rings. The Bertz CT molecular complexity index is 550. The molecule has 0 amide bonds. The van der Waals surface area contributed by atoms with Crippen molar-refractivity contribution in [2.45, 2.75) is 13.8 Å². The van der Waals surface area contributed by atoms with Crippen LogP contribution in [0.15, 0.2) is 60.7 Å². The van der Waals surface area contributed by atoms with E-state index >= 15 is 0 Å². The Balaban J connectivity index is 2.61. The molecule has 2 aromatic carbocycles. The van der Waals surface area contributed by atoms with E-state index < -0.39 is 0 Å². The topological polar surface area (TPSA) is 0 Å². The van der Waals surface area contributed by atoms with Crippen LogP contribution in [0, 0.1) is 0 Å². The predicted octanol–water partition coefficient (Wildman–Crippen LogP) is 4.82. The average molecular weight is 208 g/mol. The Morgan fingerprint density at radius 2 is 1.69 bits per heavy atom. The standard InChI is InChI=1S/C16H16/c1-12(2)11-13(3)15-10-6-8-14-7-4-5-9-16(14)15/h4-11H,3H2,1-2H3. The first kappa shape index (κ1) is 10.7. The molecule has 0 heteroatoms. The maximum atomic E-state index is 4.14. The predicted molar refractivity (Wildman–Crippen MR) is 72.4 cm³/mol. The van der Waals surface area contributed by atoms with Gasteiger partial charge in [0.05, 0.1) is 0 Å². The Morgan fingerprint density at radius 3 is 2.44 bits per heavy atom. The molecule has 2 rings (SSSR count). The van der Waals surface area contributed by atoms with Gasteiger partial charge in [-0.15, -0.1) is 0 Å². The lowest BCUT2D eigenvalue weighted by Gasteiger charge is -2.06. The van der Waals surface area contributed by atoms with Crippen molar-refractivity contribution in [3.8, 4) is 0 Å². The third kappa shape index (κ3) is 2.06. The van der Waals surface area contributed by atoms with Crippen molar-refractivity contribution in [1.29, 1.82) is 0 Å². The van der Waals surface area contributed by atoms with Gasteiger partial charge in [-0.2, -0.15) is 0 Å². The van der Waals surface area contributed by atoms with Crippen molar-refractivity contribution < 1.29 is 0 Å². The molecule has 0 atom stereocenters. The molecule has 0 unspecified atom stereocenters. The van der Waals surface area contributed by atoms with Crippen molar-refractivity contribution in [1.82, 2.24) is 0 Å². The lowest BCUT2D eigenvalue weighted by atomic mass is 9.98. The molecule has 16 heavy (non-hydrogen) atoms. The lowest BCUT2D eigenvalue weighted by molar-refractivity contribution is 1.40. The fraction of sp³-hybridized carbons (Fsp3) is 0.125. The molecule has 0 nitrogen and oxygen atoms in total. The highest BCUT2D eigenvalue weighted by molar-refractivity contribution is 5.95. The Morgan fingerprint density at radius 1 is 1.00 bits per heavy atom. The van der Waals surface area contributed by atoms with Gasteiger partial charge in [-0.1, -0.05) is 60.7 Å². The van der Waals surface area contributed by atoms with E-state index in [-0.39, 0.29) is 0 Å². The highest BCUT2D eigenvalue weighted by Gasteiger charge is 2.01. The summed E-state index contributed by atoms with van der Waals surface area (Å²) < 4.78 is 0. The van der Waals surface area contributed by atoms with Crippen molar-refractivity contribution in [2.24, 2.45) is 0 Å². The van der Waals surface area contributed by atoms with Crippen LogP contribution in [0.3, 0.4) is 0 Å². The molecule has 0 fully saturated rings. The van der Waals surface area contributed by atoms with E-state index in [1.54, 1.807) is 0 Å². The van der Waals surface area contributed by atoms with Gasteiger partial charge in [0.15, 0.2) is 0 Å². The SMILES string of the molecule is C=C(C=C(C)C)c1cccc2ccccc12. The molecule has 0 heterocycles. The number of benzene rings is 2. The molecule has 0 spiro atoms. The summed E-state index contributed by atoms with van der Waals surface area (Å²) in [5.41, 5.74) is 3.58. The maximum Gasteiger partial charge on any atom is -0.0106 e. The zero-order valence-corrected chi connectivity index (χ0v) is 9.83. The van der Waals surface area contributed by atoms with Crippen LogP contribution in [0.1, 0.15) is 19.4 Å². The normalized spacial score (nSPS) is 10.1. The van der Waals surface area contributed by atoms with E-state index in [2.05, 4.69) is 69.0 Å². The van der Waals surface area contributed by atoms with E-state index in [4.69, 9.17) is 0 Å². The Labute approximate surface area is 96.9 Å². The van der Waals surface area contributed by atoms with Gasteiger partial charge in [-0.25, -0.2) is 0 Å². The highest BCUT2D eigenvalue weighted by Crippen LogP contribution is 2.25. The van der Waals surface area contributed by atoms with E-state index in [0.29, 0.717) is 0 Å². The van der Waals surface area contributed by atoms with Crippen molar-refractivity contribution in [3.05, 3.63) is 66.3 Å². The molecule has 0 radical (unpaired) electrons. The summed E-state index contributed by atoms with van der Waals surface area (Å²) in [6, 6.07) is 14.8. The van der Waals surface area contributed by atoms with Gasteiger partial charge in [-0.05, 0) is 35.8 Å². The fourth-order valence-corrected chi connectivity index (χ4v) is 1.93. The summed E-state index contributed by atoms with van der Waals surface area (Å²) in [4.78, 5) is 0. The van der Waals surface area contributed by atoms with Gasteiger partial charge in [0, 0.05) is 0 Å². The van der Waals surface area contributed by atoms with Crippen LogP contribution in [0.5, 0.6) is 0 Å². The summed E-state index contributed by atoms with van der Waals surface area (Å²) in [5.74, 6) is 0. The molecule has 0 aliphatic heterocycles. The molecular formula is C16H16. The number of hydrogen-bond donors (Lipinski definition) is 0. The quantitative estimate of drug-likeness (QED) is 0.621. The summed E-state index contributed by atoms with van der Waals surface area (Å²) in [7, 11) is 0. The van der Waals surface area contributed by atoms with Crippen LogP contribution < -0.4 is 0 Å². The average Bonchev–Trinajstić information content (AvgIpc) is 2.27. The monoisotopic (exact) mass is 208 g/mol. The molecule has 0 aromatic heterocycles. The molecule has 0 bridgehead atoms. The van der Waals surface area contributed by atoms with Crippen LogP contribution in [-0.2, 0) is 0 Å². The minimum absolute atomic E-state index is 1.08. The van der Waals surface area contributed by atoms with Gasteiger partial charge in [0.2, 0.25) is 0 Å². The molecule has 0 saturated carbocycles. The second-order valence-corrected chi connectivity index (χ2v) is 4.27. The fourth-order valence-electron chi connectivity index (χ4n) is 1.93. The Hall–Kier alpha value is -1.82. The molecule has 2 aromatic rings. The van der Waals surface area contributed by atoms with Gasteiger partial charge >= 0.3 is 0 Å². The zero-order chi connectivity index (χ0) is 11.5. The first-order valence-electron chi connectivity index (χ1n) is 5.50. The molecular weight excluding hydrogens is 192 g/mol. The van der Waals surface area contributed by atoms with Crippen LogP contribution in [0.2, 0.25) is 0 Å².